The first-order chi connectivity index (χ1) is 13.1. The highest BCUT2D eigenvalue weighted by Crippen LogP contribution is 2.35. The van der Waals surface area contributed by atoms with Crippen LogP contribution in [0.5, 0.6) is 0 Å². The Morgan fingerprint density at radius 1 is 1.04 bits per heavy atom. The molecule has 0 bridgehead atoms. The molecule has 28 heavy (non-hydrogen) atoms. The number of anilines is 1. The molecule has 0 spiro atoms. The van der Waals surface area contributed by atoms with Gasteiger partial charge in [-0.15, -0.1) is 0 Å². The van der Waals surface area contributed by atoms with Gasteiger partial charge in [-0.2, -0.15) is 13.2 Å². The van der Waals surface area contributed by atoms with Crippen molar-refractivity contribution >= 4 is 40.8 Å². The number of alkyl halides is 3. The van der Waals surface area contributed by atoms with Crippen molar-refractivity contribution in [2.45, 2.75) is 18.8 Å². The summed E-state index contributed by atoms with van der Waals surface area (Å²) in [5.74, 6) is -2.85. The zero-order valence-electron chi connectivity index (χ0n) is 14.4. The maximum atomic E-state index is 14.1. The lowest BCUT2D eigenvalue weighted by molar-refractivity contribution is -0.204. The van der Waals surface area contributed by atoms with Gasteiger partial charge in [0.2, 0.25) is 0 Å². The minimum Gasteiger partial charge on any atom is -0.463 e. The number of nitrogens with one attached hydrogen (secondary N) is 2. The third-order valence-corrected chi connectivity index (χ3v) is 4.33. The number of benzene rings is 2. The molecule has 2 N–H and O–H groups in total. The van der Waals surface area contributed by atoms with E-state index in [2.05, 4.69) is 4.74 Å². The van der Waals surface area contributed by atoms with E-state index in [9.17, 15) is 22.8 Å². The summed E-state index contributed by atoms with van der Waals surface area (Å²) in [4.78, 5) is 24.8. The summed E-state index contributed by atoms with van der Waals surface area (Å²) in [5, 5.41) is 3.80. The van der Waals surface area contributed by atoms with Gasteiger partial charge in [0.05, 0.1) is 16.7 Å². The first-order valence-electron chi connectivity index (χ1n) is 7.95. The monoisotopic (exact) mass is 434 g/mol. The van der Waals surface area contributed by atoms with Crippen molar-refractivity contribution in [3.63, 3.8) is 0 Å². The highest BCUT2D eigenvalue weighted by molar-refractivity contribution is 6.42. The summed E-state index contributed by atoms with van der Waals surface area (Å²) in [7, 11) is 0. The lowest BCUT2D eigenvalue weighted by atomic mass is 10.1. The van der Waals surface area contributed by atoms with E-state index in [0.29, 0.717) is 0 Å². The number of hydrogen-bond donors (Lipinski definition) is 2. The molecule has 1 atom stereocenters. The van der Waals surface area contributed by atoms with E-state index in [1.165, 1.54) is 43.3 Å². The lowest BCUT2D eigenvalue weighted by Crippen LogP contribution is -2.69. The molecule has 0 aromatic heterocycles. The Labute approximate surface area is 168 Å². The fraction of sp³-hybridized carbons (Fsp3) is 0.222. The second-order valence-electron chi connectivity index (χ2n) is 5.54. The number of rotatable bonds is 6. The molecule has 2 rings (SSSR count). The van der Waals surface area contributed by atoms with Gasteiger partial charge in [0, 0.05) is 11.3 Å². The van der Waals surface area contributed by atoms with Crippen molar-refractivity contribution in [1.82, 2.24) is 5.32 Å². The number of carbonyl (C=O) groups is 2. The fourth-order valence-electron chi connectivity index (χ4n) is 2.25. The Morgan fingerprint density at radius 3 is 2.21 bits per heavy atom. The van der Waals surface area contributed by atoms with Crippen LogP contribution in [0.25, 0.3) is 0 Å². The summed E-state index contributed by atoms with van der Waals surface area (Å²) < 4.78 is 46.8. The van der Waals surface area contributed by atoms with Crippen LogP contribution in [0.4, 0.5) is 18.9 Å². The number of ether oxygens (including phenoxy) is 1. The van der Waals surface area contributed by atoms with E-state index < -0.39 is 23.7 Å². The molecule has 0 saturated heterocycles. The zero-order chi connectivity index (χ0) is 20.9. The fourth-order valence-corrected chi connectivity index (χ4v) is 2.55. The summed E-state index contributed by atoms with van der Waals surface area (Å²) in [5.41, 5.74) is -3.82. The maximum absolute atomic E-state index is 14.1. The van der Waals surface area contributed by atoms with Crippen molar-refractivity contribution in [3.05, 3.63) is 64.1 Å². The maximum Gasteiger partial charge on any atom is 0.441 e. The van der Waals surface area contributed by atoms with E-state index in [0.717, 1.165) is 6.07 Å². The van der Waals surface area contributed by atoms with Gasteiger partial charge in [0.1, 0.15) is 0 Å². The summed E-state index contributed by atoms with van der Waals surface area (Å²) in [6.45, 7) is 1.01. The van der Waals surface area contributed by atoms with Gasteiger partial charge >= 0.3 is 17.8 Å². The van der Waals surface area contributed by atoms with E-state index in [1.807, 2.05) is 5.32 Å². The smallest absolute Gasteiger partial charge is 0.441 e. The predicted octanol–water partition coefficient (Wildman–Crippen LogP) is 4.66. The van der Waals surface area contributed by atoms with Crippen molar-refractivity contribution in [2.24, 2.45) is 0 Å². The van der Waals surface area contributed by atoms with Gasteiger partial charge in [-0.3, -0.25) is 4.79 Å². The molecular formula is C18H15Cl2F3N2O3. The van der Waals surface area contributed by atoms with Gasteiger partial charge in [0.25, 0.3) is 5.91 Å². The van der Waals surface area contributed by atoms with E-state index in [1.54, 1.807) is 11.4 Å². The standard InChI is InChI=1S/C18H15Cl2F3N2O3/c1-2-28-16(27)17(18(21,22)23,24-12-8-9-13(19)14(20)10-12)25-15(26)11-6-4-3-5-7-11/h3-10,24H,2H2,1H3,(H,25,26)/t17-/m0/s1. The molecule has 0 fully saturated rings. The highest BCUT2D eigenvalue weighted by Gasteiger charge is 2.63. The minimum atomic E-state index is -5.25. The molecule has 0 aliphatic rings. The Balaban J connectivity index is 2.52. The Kier molecular flexibility index (Phi) is 6.79. The van der Waals surface area contributed by atoms with Crippen molar-refractivity contribution in [2.75, 3.05) is 11.9 Å². The largest absolute Gasteiger partial charge is 0.463 e. The van der Waals surface area contributed by atoms with Crippen molar-refractivity contribution in [3.8, 4) is 0 Å². The molecule has 5 nitrogen and oxygen atoms in total. The molecular weight excluding hydrogens is 420 g/mol. The Morgan fingerprint density at radius 2 is 1.68 bits per heavy atom. The molecule has 0 heterocycles. The molecule has 1 amide bonds. The first-order valence-corrected chi connectivity index (χ1v) is 8.71. The van der Waals surface area contributed by atoms with Crippen LogP contribution in [0.15, 0.2) is 48.5 Å². The quantitative estimate of drug-likeness (QED) is 0.512. The molecule has 10 heteroatoms. The van der Waals surface area contributed by atoms with E-state index in [4.69, 9.17) is 23.2 Å². The number of esters is 1. The van der Waals surface area contributed by atoms with Crippen LogP contribution in [-0.4, -0.2) is 30.3 Å². The third-order valence-electron chi connectivity index (χ3n) is 3.60. The first kappa shape index (κ1) is 21.8. The van der Waals surface area contributed by atoms with Gasteiger partial charge < -0.3 is 15.4 Å². The summed E-state index contributed by atoms with van der Waals surface area (Å²) in [6.07, 6.45) is -5.25. The van der Waals surface area contributed by atoms with Crippen LogP contribution < -0.4 is 10.6 Å². The molecule has 0 radical (unpaired) electrons. The number of hydrogen-bond acceptors (Lipinski definition) is 4. The van der Waals surface area contributed by atoms with Gasteiger partial charge in [-0.25, -0.2) is 4.79 Å². The van der Waals surface area contributed by atoms with E-state index >= 15 is 0 Å². The molecule has 0 aliphatic heterocycles. The molecule has 2 aromatic carbocycles. The normalized spacial score (nSPS) is 13.4. The lowest BCUT2D eigenvalue weighted by Gasteiger charge is -2.35. The van der Waals surface area contributed by atoms with Crippen molar-refractivity contribution in [1.29, 1.82) is 0 Å². The van der Waals surface area contributed by atoms with Crippen LogP contribution >= 0.6 is 23.2 Å². The second kappa shape index (κ2) is 8.70. The van der Waals surface area contributed by atoms with Crippen LogP contribution in [0.3, 0.4) is 0 Å². The van der Waals surface area contributed by atoms with Gasteiger partial charge in [-0.1, -0.05) is 41.4 Å². The number of halogens is 5. The topological polar surface area (TPSA) is 67.4 Å². The van der Waals surface area contributed by atoms with Crippen LogP contribution in [0, 0.1) is 0 Å². The predicted molar refractivity (Wildman–Crippen MR) is 99.4 cm³/mol. The average molecular weight is 435 g/mol. The highest BCUT2D eigenvalue weighted by atomic mass is 35.5. The SMILES string of the molecule is CCOC(=O)[C@@](NC(=O)c1ccccc1)(Nc1ccc(Cl)c(Cl)c1)C(F)(F)F. The molecule has 2 aromatic rings. The van der Waals surface area contributed by atoms with Gasteiger partial charge in [0.15, 0.2) is 0 Å². The Hall–Kier alpha value is -2.45. The van der Waals surface area contributed by atoms with Gasteiger partial charge in [-0.05, 0) is 37.3 Å². The minimum absolute atomic E-state index is 0.0408. The van der Waals surface area contributed by atoms with Crippen LogP contribution in [0.1, 0.15) is 17.3 Å². The molecule has 0 unspecified atom stereocenters. The molecule has 150 valence electrons. The summed E-state index contributed by atoms with van der Waals surface area (Å²) >= 11 is 11.6. The van der Waals surface area contributed by atoms with E-state index in [-0.39, 0.29) is 27.9 Å². The number of amides is 1. The molecule has 0 saturated carbocycles. The van der Waals surface area contributed by atoms with Crippen molar-refractivity contribution < 1.29 is 27.5 Å². The number of carbonyl (C=O) groups excluding carboxylic acids is 2. The third kappa shape index (κ3) is 4.69. The zero-order valence-corrected chi connectivity index (χ0v) is 16.0. The summed E-state index contributed by atoms with van der Waals surface area (Å²) in [6, 6.07) is 10.7. The molecule has 0 aliphatic carbocycles. The second-order valence-corrected chi connectivity index (χ2v) is 6.36. The van der Waals surface area contributed by atoms with Crippen LogP contribution in [-0.2, 0) is 9.53 Å². The average Bonchev–Trinajstić information content (AvgIpc) is 2.64. The Bertz CT molecular complexity index is 863. The van der Waals surface area contributed by atoms with Crippen LogP contribution in [0.2, 0.25) is 10.0 Å².